The van der Waals surface area contributed by atoms with E-state index in [4.69, 9.17) is 4.74 Å². The molecule has 0 aliphatic carbocycles. The zero-order chi connectivity index (χ0) is 14.0. The van der Waals surface area contributed by atoms with Gasteiger partial charge in [-0.3, -0.25) is 4.79 Å². The van der Waals surface area contributed by atoms with Gasteiger partial charge < -0.3 is 14.7 Å². The fraction of sp³-hybridized carbons (Fsp3) is 0.533. The first kappa shape index (κ1) is 13.9. The van der Waals surface area contributed by atoms with Crippen LogP contribution in [0.4, 0.5) is 5.69 Å². The Labute approximate surface area is 114 Å². The van der Waals surface area contributed by atoms with E-state index in [9.17, 15) is 9.90 Å². The molecular weight excluding hydrogens is 242 g/mol. The Balaban J connectivity index is 2.56. The van der Waals surface area contributed by atoms with Crippen molar-refractivity contribution in [2.45, 2.75) is 32.6 Å². The van der Waals surface area contributed by atoms with Gasteiger partial charge in [-0.05, 0) is 43.4 Å². The molecule has 1 aliphatic rings. The molecule has 104 valence electrons. The van der Waals surface area contributed by atoms with Crippen molar-refractivity contribution in [2.75, 3.05) is 25.2 Å². The van der Waals surface area contributed by atoms with Crippen molar-refractivity contribution in [1.82, 2.24) is 0 Å². The molecule has 0 unspecified atom stereocenters. The normalized spacial score (nSPS) is 18.1. The summed E-state index contributed by atoms with van der Waals surface area (Å²) in [6, 6.07) is 4.02. The Morgan fingerprint density at radius 3 is 2.84 bits per heavy atom. The summed E-state index contributed by atoms with van der Waals surface area (Å²) < 4.78 is 5.48. The first-order chi connectivity index (χ1) is 9.08. The molecule has 1 aromatic rings. The quantitative estimate of drug-likeness (QED) is 0.909. The lowest BCUT2D eigenvalue weighted by Crippen LogP contribution is -2.35. The minimum Gasteiger partial charge on any atom is -0.496 e. The lowest BCUT2D eigenvalue weighted by atomic mass is 9.86. The van der Waals surface area contributed by atoms with Gasteiger partial charge in [0.15, 0.2) is 0 Å². The number of hydrogen-bond donors (Lipinski definition) is 1. The van der Waals surface area contributed by atoms with Crippen LogP contribution in [-0.4, -0.2) is 31.3 Å². The van der Waals surface area contributed by atoms with Crippen LogP contribution in [0.1, 0.15) is 36.8 Å². The molecule has 19 heavy (non-hydrogen) atoms. The van der Waals surface area contributed by atoms with Gasteiger partial charge in [0.25, 0.3) is 0 Å². The van der Waals surface area contributed by atoms with Crippen molar-refractivity contribution >= 4 is 11.6 Å². The molecule has 1 amide bonds. The third kappa shape index (κ3) is 2.59. The Hall–Kier alpha value is -1.55. The molecule has 1 aliphatic heterocycles. The number of carbonyl (C=O) groups is 1. The number of ether oxygens (including phenoxy) is 1. The third-order valence-corrected chi connectivity index (χ3v) is 3.74. The van der Waals surface area contributed by atoms with E-state index >= 15 is 0 Å². The van der Waals surface area contributed by atoms with Gasteiger partial charge in [0, 0.05) is 25.6 Å². The van der Waals surface area contributed by atoms with Crippen molar-refractivity contribution < 1.29 is 14.6 Å². The Bertz CT molecular complexity index is 485. The summed E-state index contributed by atoms with van der Waals surface area (Å²) >= 11 is 0. The fourth-order valence-electron chi connectivity index (χ4n) is 2.87. The molecule has 1 aromatic carbocycles. The van der Waals surface area contributed by atoms with Crippen LogP contribution in [0.15, 0.2) is 12.1 Å². The minimum absolute atomic E-state index is 0.0522. The van der Waals surface area contributed by atoms with Gasteiger partial charge >= 0.3 is 0 Å². The summed E-state index contributed by atoms with van der Waals surface area (Å²) in [5.74, 6) is 1.13. The molecule has 0 saturated carbocycles. The fourth-order valence-corrected chi connectivity index (χ4v) is 2.87. The van der Waals surface area contributed by atoms with Gasteiger partial charge in [-0.2, -0.15) is 0 Å². The number of aliphatic hydroxyl groups is 1. The van der Waals surface area contributed by atoms with Gasteiger partial charge in [-0.15, -0.1) is 0 Å². The van der Waals surface area contributed by atoms with Crippen LogP contribution in [0, 0.1) is 6.92 Å². The third-order valence-electron chi connectivity index (χ3n) is 3.74. The van der Waals surface area contributed by atoms with Crippen LogP contribution in [0.25, 0.3) is 0 Å². The van der Waals surface area contributed by atoms with Crippen molar-refractivity contribution in [2.24, 2.45) is 0 Å². The molecule has 0 spiro atoms. The molecule has 0 fully saturated rings. The predicted octanol–water partition coefficient (Wildman–Crippen LogP) is 2.23. The van der Waals surface area contributed by atoms with Crippen LogP contribution in [0.5, 0.6) is 5.75 Å². The number of benzene rings is 1. The average molecular weight is 263 g/mol. The van der Waals surface area contributed by atoms with E-state index in [-0.39, 0.29) is 18.4 Å². The first-order valence-electron chi connectivity index (χ1n) is 6.66. The molecule has 0 radical (unpaired) electrons. The highest BCUT2D eigenvalue weighted by Crippen LogP contribution is 2.43. The lowest BCUT2D eigenvalue weighted by Gasteiger charge is -2.35. The van der Waals surface area contributed by atoms with Crippen LogP contribution in [0.3, 0.4) is 0 Å². The van der Waals surface area contributed by atoms with E-state index in [1.165, 1.54) is 0 Å². The minimum atomic E-state index is 0.0522. The molecule has 0 aromatic heterocycles. The number of amides is 1. The van der Waals surface area contributed by atoms with Gasteiger partial charge in [0.05, 0.1) is 12.8 Å². The second kappa shape index (κ2) is 5.61. The van der Waals surface area contributed by atoms with Crippen molar-refractivity contribution in [3.63, 3.8) is 0 Å². The Morgan fingerprint density at radius 1 is 1.53 bits per heavy atom. The number of carbonyl (C=O) groups excluding carboxylic acids is 1. The van der Waals surface area contributed by atoms with Crippen LogP contribution in [-0.2, 0) is 4.79 Å². The highest BCUT2D eigenvalue weighted by molar-refractivity contribution is 5.93. The molecule has 4 heteroatoms. The number of anilines is 1. The summed E-state index contributed by atoms with van der Waals surface area (Å²) in [4.78, 5) is 13.6. The van der Waals surface area contributed by atoms with Crippen molar-refractivity contribution in [1.29, 1.82) is 0 Å². The standard InChI is InChI=1S/C15H21NO3/c1-10-8-13-15(14(9-10)19-3)12(5-7-17)4-6-16(13)11(2)18/h8-9,12,17H,4-7H2,1-3H3/t12-/m0/s1. The maximum atomic E-state index is 11.8. The number of methoxy groups -OCH3 is 1. The number of nitrogens with zero attached hydrogens (tertiary/aromatic N) is 1. The molecule has 4 nitrogen and oxygen atoms in total. The SMILES string of the molecule is COc1cc(C)cc2c1[C@H](CCO)CCN2C(C)=O. The summed E-state index contributed by atoms with van der Waals surface area (Å²) in [7, 11) is 1.65. The zero-order valence-corrected chi connectivity index (χ0v) is 11.8. The van der Waals surface area contributed by atoms with E-state index in [1.54, 1.807) is 18.9 Å². The summed E-state index contributed by atoms with van der Waals surface area (Å²) in [6.07, 6.45) is 1.57. The van der Waals surface area contributed by atoms with Crippen LogP contribution >= 0.6 is 0 Å². The highest BCUT2D eigenvalue weighted by atomic mass is 16.5. The highest BCUT2D eigenvalue weighted by Gasteiger charge is 2.30. The maximum Gasteiger partial charge on any atom is 0.223 e. The molecule has 0 saturated heterocycles. The number of aryl methyl sites for hydroxylation is 1. The van der Waals surface area contributed by atoms with Crippen LogP contribution in [0.2, 0.25) is 0 Å². The number of fused-ring (bicyclic) bond motifs is 1. The summed E-state index contributed by atoms with van der Waals surface area (Å²) in [5.41, 5.74) is 3.07. The van der Waals surface area contributed by atoms with Crippen LogP contribution < -0.4 is 9.64 Å². The molecule has 0 bridgehead atoms. The van der Waals surface area contributed by atoms with E-state index in [0.717, 1.165) is 29.0 Å². The monoisotopic (exact) mass is 263 g/mol. The topological polar surface area (TPSA) is 49.8 Å². The van der Waals surface area contributed by atoms with E-state index in [2.05, 4.69) is 0 Å². The molecule has 1 heterocycles. The second-order valence-corrected chi connectivity index (χ2v) is 5.07. The van der Waals surface area contributed by atoms with Gasteiger partial charge in [-0.1, -0.05) is 0 Å². The first-order valence-corrected chi connectivity index (χ1v) is 6.66. The smallest absolute Gasteiger partial charge is 0.223 e. The second-order valence-electron chi connectivity index (χ2n) is 5.07. The molecular formula is C15H21NO3. The Kier molecular flexibility index (Phi) is 4.10. The molecule has 1 atom stereocenters. The van der Waals surface area contributed by atoms with Gasteiger partial charge in [0.2, 0.25) is 5.91 Å². The molecule has 1 N–H and O–H groups in total. The maximum absolute atomic E-state index is 11.8. The van der Waals surface area contributed by atoms with Gasteiger partial charge in [-0.25, -0.2) is 0 Å². The van der Waals surface area contributed by atoms with Crippen molar-refractivity contribution in [3.05, 3.63) is 23.3 Å². The summed E-state index contributed by atoms with van der Waals surface area (Å²) in [6.45, 7) is 4.45. The van der Waals surface area contributed by atoms with E-state index < -0.39 is 0 Å². The average Bonchev–Trinajstić information content (AvgIpc) is 2.37. The Morgan fingerprint density at radius 2 is 2.26 bits per heavy atom. The van der Waals surface area contributed by atoms with Gasteiger partial charge in [0.1, 0.15) is 5.75 Å². The van der Waals surface area contributed by atoms with E-state index in [1.807, 2.05) is 19.1 Å². The largest absolute Gasteiger partial charge is 0.496 e. The van der Waals surface area contributed by atoms with E-state index in [0.29, 0.717) is 13.0 Å². The zero-order valence-electron chi connectivity index (χ0n) is 11.8. The lowest BCUT2D eigenvalue weighted by molar-refractivity contribution is -0.116. The number of rotatable bonds is 3. The molecule has 2 rings (SSSR count). The predicted molar refractivity (Wildman–Crippen MR) is 74.8 cm³/mol. The number of aliphatic hydroxyl groups excluding tert-OH is 1. The van der Waals surface area contributed by atoms with Crippen molar-refractivity contribution in [3.8, 4) is 5.75 Å². The number of hydrogen-bond acceptors (Lipinski definition) is 3. The summed E-state index contributed by atoms with van der Waals surface area (Å²) in [5, 5.41) is 9.22.